The van der Waals surface area contributed by atoms with Crippen LogP contribution in [0, 0.1) is 0 Å². The van der Waals surface area contributed by atoms with E-state index in [4.69, 9.17) is 0 Å². The summed E-state index contributed by atoms with van der Waals surface area (Å²) in [5.41, 5.74) is 3.11. The van der Waals surface area contributed by atoms with Gasteiger partial charge in [0.1, 0.15) is 0 Å². The van der Waals surface area contributed by atoms with Gasteiger partial charge in [-0.1, -0.05) is 12.1 Å². The maximum atomic E-state index is 12.0. The summed E-state index contributed by atoms with van der Waals surface area (Å²) >= 11 is 1.66. The summed E-state index contributed by atoms with van der Waals surface area (Å²) in [7, 11) is 3.94. The van der Waals surface area contributed by atoms with Gasteiger partial charge in [0, 0.05) is 20.5 Å². The highest BCUT2D eigenvalue weighted by molar-refractivity contribution is 7.07. The number of carbonyl (C=O) groups is 1. The minimum absolute atomic E-state index is 0.0560. The smallest absolute Gasteiger partial charge is 0.224 e. The summed E-state index contributed by atoms with van der Waals surface area (Å²) in [4.78, 5) is 14.0. The average molecular weight is 274 g/mol. The van der Waals surface area contributed by atoms with E-state index in [1.807, 2.05) is 48.6 Å². The molecule has 2 aromatic rings. The molecule has 0 unspecified atom stereocenters. The number of para-hydroxylation sites is 2. The Morgan fingerprint density at radius 1 is 1.26 bits per heavy atom. The Kier molecular flexibility index (Phi) is 4.58. The van der Waals surface area contributed by atoms with E-state index in [0.717, 1.165) is 17.8 Å². The van der Waals surface area contributed by atoms with Crippen LogP contribution in [0.2, 0.25) is 0 Å². The quantitative estimate of drug-likeness (QED) is 0.906. The van der Waals surface area contributed by atoms with Crippen LogP contribution in [-0.4, -0.2) is 20.0 Å². The summed E-state index contributed by atoms with van der Waals surface area (Å²) < 4.78 is 0. The molecule has 3 nitrogen and oxygen atoms in total. The van der Waals surface area contributed by atoms with Gasteiger partial charge in [-0.3, -0.25) is 4.79 Å². The Hall–Kier alpha value is -1.81. The Morgan fingerprint density at radius 2 is 2.05 bits per heavy atom. The van der Waals surface area contributed by atoms with Crippen molar-refractivity contribution in [3.63, 3.8) is 0 Å². The lowest BCUT2D eigenvalue weighted by Crippen LogP contribution is -2.16. The van der Waals surface area contributed by atoms with Crippen LogP contribution in [0.1, 0.15) is 12.0 Å². The second-order valence-electron chi connectivity index (χ2n) is 4.59. The van der Waals surface area contributed by atoms with Crippen molar-refractivity contribution in [2.45, 2.75) is 12.8 Å². The molecular formula is C15H18N2OS. The first-order chi connectivity index (χ1) is 9.16. The third kappa shape index (κ3) is 3.83. The molecule has 0 aliphatic rings. The number of amides is 1. The van der Waals surface area contributed by atoms with Gasteiger partial charge >= 0.3 is 0 Å². The molecule has 19 heavy (non-hydrogen) atoms. The fourth-order valence-electron chi connectivity index (χ4n) is 1.87. The molecule has 1 amide bonds. The van der Waals surface area contributed by atoms with Gasteiger partial charge in [0.2, 0.25) is 5.91 Å². The Balaban J connectivity index is 1.95. The van der Waals surface area contributed by atoms with Crippen molar-refractivity contribution in [2.24, 2.45) is 0 Å². The lowest BCUT2D eigenvalue weighted by atomic mass is 10.2. The van der Waals surface area contributed by atoms with Crippen LogP contribution in [0.5, 0.6) is 0 Å². The van der Waals surface area contributed by atoms with E-state index in [1.54, 1.807) is 11.3 Å². The molecule has 0 fully saturated rings. The Morgan fingerprint density at radius 3 is 2.74 bits per heavy atom. The Labute approximate surface area is 117 Å². The van der Waals surface area contributed by atoms with Gasteiger partial charge in [0.15, 0.2) is 0 Å². The summed E-state index contributed by atoms with van der Waals surface area (Å²) in [5, 5.41) is 7.10. The molecule has 1 aromatic carbocycles. The topological polar surface area (TPSA) is 32.3 Å². The largest absolute Gasteiger partial charge is 0.376 e. The minimum Gasteiger partial charge on any atom is -0.376 e. The van der Waals surface area contributed by atoms with Crippen LogP contribution in [-0.2, 0) is 11.2 Å². The molecule has 0 spiro atoms. The summed E-state index contributed by atoms with van der Waals surface area (Å²) in [6, 6.07) is 9.88. The second kappa shape index (κ2) is 6.38. The average Bonchev–Trinajstić information content (AvgIpc) is 2.90. The molecule has 0 bridgehead atoms. The standard InChI is InChI=1S/C15H18N2OS/c1-17(2)14-6-4-3-5-13(14)16-15(18)8-7-12-9-10-19-11-12/h3-6,9-11H,7-8H2,1-2H3,(H,16,18). The normalized spacial score (nSPS) is 10.2. The monoisotopic (exact) mass is 274 g/mol. The molecular weight excluding hydrogens is 256 g/mol. The lowest BCUT2D eigenvalue weighted by molar-refractivity contribution is -0.116. The van der Waals surface area contributed by atoms with Crippen LogP contribution in [0.25, 0.3) is 0 Å². The van der Waals surface area contributed by atoms with Crippen molar-refractivity contribution in [2.75, 3.05) is 24.3 Å². The van der Waals surface area contributed by atoms with Gasteiger partial charge in [0.05, 0.1) is 11.4 Å². The van der Waals surface area contributed by atoms with E-state index < -0.39 is 0 Å². The number of thiophene rings is 1. The van der Waals surface area contributed by atoms with Crippen LogP contribution < -0.4 is 10.2 Å². The number of nitrogens with one attached hydrogen (secondary N) is 1. The number of rotatable bonds is 5. The number of hydrogen-bond acceptors (Lipinski definition) is 3. The maximum Gasteiger partial charge on any atom is 0.224 e. The van der Waals surface area contributed by atoms with E-state index in [2.05, 4.69) is 16.8 Å². The first kappa shape index (κ1) is 13.6. The third-order valence-electron chi connectivity index (χ3n) is 2.88. The fourth-order valence-corrected chi connectivity index (χ4v) is 2.58. The van der Waals surface area contributed by atoms with E-state index in [9.17, 15) is 4.79 Å². The number of benzene rings is 1. The van der Waals surface area contributed by atoms with Crippen molar-refractivity contribution in [3.05, 3.63) is 46.7 Å². The zero-order valence-corrected chi connectivity index (χ0v) is 12.0. The van der Waals surface area contributed by atoms with Crippen molar-refractivity contribution in [1.29, 1.82) is 0 Å². The molecule has 0 radical (unpaired) electrons. The summed E-state index contributed by atoms with van der Waals surface area (Å²) in [6.07, 6.45) is 1.30. The van der Waals surface area contributed by atoms with Gasteiger partial charge in [0.25, 0.3) is 0 Å². The third-order valence-corrected chi connectivity index (χ3v) is 3.61. The molecule has 1 heterocycles. The molecule has 1 aromatic heterocycles. The molecule has 0 aliphatic heterocycles. The van der Waals surface area contributed by atoms with Crippen molar-refractivity contribution < 1.29 is 4.79 Å². The number of aryl methyl sites for hydroxylation is 1. The molecule has 0 aliphatic carbocycles. The number of anilines is 2. The minimum atomic E-state index is 0.0560. The fraction of sp³-hybridized carbons (Fsp3) is 0.267. The van der Waals surface area contributed by atoms with E-state index in [1.165, 1.54) is 5.56 Å². The molecule has 100 valence electrons. The maximum absolute atomic E-state index is 12.0. The van der Waals surface area contributed by atoms with Gasteiger partial charge < -0.3 is 10.2 Å². The van der Waals surface area contributed by atoms with E-state index in [0.29, 0.717) is 6.42 Å². The van der Waals surface area contributed by atoms with Gasteiger partial charge in [-0.25, -0.2) is 0 Å². The summed E-state index contributed by atoms with van der Waals surface area (Å²) in [6.45, 7) is 0. The van der Waals surface area contributed by atoms with Crippen molar-refractivity contribution in [1.82, 2.24) is 0 Å². The lowest BCUT2D eigenvalue weighted by Gasteiger charge is -2.17. The van der Waals surface area contributed by atoms with Gasteiger partial charge in [-0.2, -0.15) is 11.3 Å². The first-order valence-electron chi connectivity index (χ1n) is 6.24. The zero-order chi connectivity index (χ0) is 13.7. The molecule has 0 saturated heterocycles. The van der Waals surface area contributed by atoms with Crippen LogP contribution in [0.4, 0.5) is 11.4 Å². The van der Waals surface area contributed by atoms with E-state index in [-0.39, 0.29) is 5.91 Å². The molecule has 2 rings (SSSR count). The van der Waals surface area contributed by atoms with Crippen LogP contribution in [0.15, 0.2) is 41.1 Å². The van der Waals surface area contributed by atoms with Crippen molar-refractivity contribution in [3.8, 4) is 0 Å². The molecule has 0 saturated carbocycles. The number of nitrogens with zero attached hydrogens (tertiary/aromatic N) is 1. The van der Waals surface area contributed by atoms with Gasteiger partial charge in [-0.05, 0) is 40.9 Å². The van der Waals surface area contributed by atoms with Gasteiger partial charge in [-0.15, -0.1) is 0 Å². The number of carbonyl (C=O) groups excluding carboxylic acids is 1. The molecule has 4 heteroatoms. The zero-order valence-electron chi connectivity index (χ0n) is 11.2. The first-order valence-corrected chi connectivity index (χ1v) is 7.18. The van der Waals surface area contributed by atoms with E-state index >= 15 is 0 Å². The SMILES string of the molecule is CN(C)c1ccccc1NC(=O)CCc1ccsc1. The molecule has 1 N–H and O–H groups in total. The highest BCUT2D eigenvalue weighted by Crippen LogP contribution is 2.23. The highest BCUT2D eigenvalue weighted by atomic mass is 32.1. The predicted octanol–water partition coefficient (Wildman–Crippen LogP) is 3.39. The Bertz CT molecular complexity index is 535. The van der Waals surface area contributed by atoms with Crippen LogP contribution in [0.3, 0.4) is 0 Å². The predicted molar refractivity (Wildman–Crippen MR) is 82.0 cm³/mol. The molecule has 0 atom stereocenters. The summed E-state index contributed by atoms with van der Waals surface area (Å²) in [5.74, 6) is 0.0560. The van der Waals surface area contributed by atoms with Crippen LogP contribution >= 0.6 is 11.3 Å². The number of hydrogen-bond donors (Lipinski definition) is 1. The highest BCUT2D eigenvalue weighted by Gasteiger charge is 2.08. The second-order valence-corrected chi connectivity index (χ2v) is 5.37. The van der Waals surface area contributed by atoms with Crippen molar-refractivity contribution >= 4 is 28.6 Å².